The molecule has 2 heteroatoms. The third-order valence-electron chi connectivity index (χ3n) is 3.33. The summed E-state index contributed by atoms with van der Waals surface area (Å²) in [6, 6.07) is 10.4. The Kier molecular flexibility index (Phi) is 4.77. The zero-order valence-corrected chi connectivity index (χ0v) is 10.3. The van der Waals surface area contributed by atoms with Crippen LogP contribution in [0.15, 0.2) is 36.4 Å². The molecule has 1 saturated heterocycles. The molecule has 1 unspecified atom stereocenters. The SMILES string of the molecule is OCC1CCCN(CC=Cc2ccccc2)C1. The van der Waals surface area contributed by atoms with Crippen molar-refractivity contribution in [2.24, 2.45) is 5.92 Å². The van der Waals surface area contributed by atoms with Crippen molar-refractivity contribution in [3.05, 3.63) is 42.0 Å². The predicted octanol–water partition coefficient (Wildman–Crippen LogP) is 2.40. The Bertz CT molecular complexity index is 347. The van der Waals surface area contributed by atoms with E-state index < -0.39 is 0 Å². The lowest BCUT2D eigenvalue weighted by Gasteiger charge is -2.30. The fraction of sp³-hybridized carbons (Fsp3) is 0.467. The van der Waals surface area contributed by atoms with Gasteiger partial charge in [0.2, 0.25) is 0 Å². The molecule has 0 amide bonds. The van der Waals surface area contributed by atoms with Crippen molar-refractivity contribution in [3.8, 4) is 0 Å². The zero-order valence-electron chi connectivity index (χ0n) is 10.3. The summed E-state index contributed by atoms with van der Waals surface area (Å²) in [4.78, 5) is 2.42. The highest BCUT2D eigenvalue weighted by Gasteiger charge is 2.17. The second kappa shape index (κ2) is 6.58. The molecule has 1 atom stereocenters. The molecule has 1 heterocycles. The molecule has 0 saturated carbocycles. The van der Waals surface area contributed by atoms with Crippen LogP contribution in [-0.2, 0) is 0 Å². The molecule has 0 bridgehead atoms. The summed E-state index contributed by atoms with van der Waals surface area (Å²) in [5.41, 5.74) is 1.25. The number of piperidine rings is 1. The second-order valence-electron chi connectivity index (χ2n) is 4.76. The third-order valence-corrected chi connectivity index (χ3v) is 3.33. The maximum Gasteiger partial charge on any atom is 0.0471 e. The first-order valence-corrected chi connectivity index (χ1v) is 6.43. The highest BCUT2D eigenvalue weighted by Crippen LogP contribution is 2.15. The van der Waals surface area contributed by atoms with Gasteiger partial charge in [-0.1, -0.05) is 42.5 Å². The lowest BCUT2D eigenvalue weighted by molar-refractivity contribution is 0.129. The van der Waals surface area contributed by atoms with Crippen LogP contribution in [0.3, 0.4) is 0 Å². The van der Waals surface area contributed by atoms with Crippen molar-refractivity contribution >= 4 is 6.08 Å². The van der Waals surface area contributed by atoms with Gasteiger partial charge in [0.1, 0.15) is 0 Å². The van der Waals surface area contributed by atoms with Gasteiger partial charge in [-0.2, -0.15) is 0 Å². The van der Waals surface area contributed by atoms with E-state index in [1.165, 1.54) is 18.4 Å². The van der Waals surface area contributed by atoms with Crippen LogP contribution in [0.25, 0.3) is 6.08 Å². The van der Waals surface area contributed by atoms with E-state index in [4.69, 9.17) is 5.11 Å². The smallest absolute Gasteiger partial charge is 0.0471 e. The van der Waals surface area contributed by atoms with E-state index in [-0.39, 0.29) is 0 Å². The summed E-state index contributed by atoms with van der Waals surface area (Å²) < 4.78 is 0. The number of aliphatic hydroxyl groups excluding tert-OH is 1. The molecule has 1 N–H and O–H groups in total. The minimum absolute atomic E-state index is 0.332. The molecule has 17 heavy (non-hydrogen) atoms. The van der Waals surface area contributed by atoms with Gasteiger partial charge < -0.3 is 5.11 Å². The minimum atomic E-state index is 0.332. The van der Waals surface area contributed by atoms with Gasteiger partial charge >= 0.3 is 0 Å². The monoisotopic (exact) mass is 231 g/mol. The molecule has 2 nitrogen and oxygen atoms in total. The second-order valence-corrected chi connectivity index (χ2v) is 4.76. The van der Waals surface area contributed by atoms with E-state index >= 15 is 0 Å². The quantitative estimate of drug-likeness (QED) is 0.860. The van der Waals surface area contributed by atoms with E-state index in [0.29, 0.717) is 12.5 Å². The Labute approximate surface area is 104 Å². The first-order valence-electron chi connectivity index (χ1n) is 6.43. The fourth-order valence-corrected chi connectivity index (χ4v) is 2.37. The van der Waals surface area contributed by atoms with Crippen LogP contribution < -0.4 is 0 Å². The number of aliphatic hydroxyl groups is 1. The van der Waals surface area contributed by atoms with Gasteiger partial charge in [-0.05, 0) is 30.9 Å². The molecule has 1 aromatic carbocycles. The average Bonchev–Trinajstić information content (AvgIpc) is 2.40. The lowest BCUT2D eigenvalue weighted by atomic mass is 9.99. The molecule has 0 aromatic heterocycles. The summed E-state index contributed by atoms with van der Waals surface area (Å²) in [6.45, 7) is 3.52. The molecule has 1 aliphatic rings. The number of hydrogen-bond donors (Lipinski definition) is 1. The van der Waals surface area contributed by atoms with Crippen LogP contribution in [0.1, 0.15) is 18.4 Å². The van der Waals surface area contributed by atoms with Gasteiger partial charge in [-0.15, -0.1) is 0 Å². The highest BCUT2D eigenvalue weighted by atomic mass is 16.3. The van der Waals surface area contributed by atoms with Crippen LogP contribution in [-0.4, -0.2) is 36.2 Å². The van der Waals surface area contributed by atoms with Crippen molar-refractivity contribution in [3.63, 3.8) is 0 Å². The maximum atomic E-state index is 9.17. The van der Waals surface area contributed by atoms with Crippen LogP contribution >= 0.6 is 0 Å². The Morgan fingerprint density at radius 1 is 1.29 bits per heavy atom. The standard InChI is InChI=1S/C15H21NO/c17-13-15-9-5-11-16(12-15)10-4-8-14-6-2-1-3-7-14/h1-4,6-8,15,17H,5,9-13H2. The minimum Gasteiger partial charge on any atom is -0.396 e. The lowest BCUT2D eigenvalue weighted by Crippen LogP contribution is -2.36. The molecule has 0 radical (unpaired) electrons. The van der Waals surface area contributed by atoms with Gasteiger partial charge in [0.25, 0.3) is 0 Å². The summed E-state index contributed by atoms with van der Waals surface area (Å²) in [5, 5.41) is 9.17. The molecular weight excluding hydrogens is 210 g/mol. The van der Waals surface area contributed by atoms with Crippen LogP contribution in [0.5, 0.6) is 0 Å². The summed E-state index contributed by atoms with van der Waals surface area (Å²) in [7, 11) is 0. The number of hydrogen-bond acceptors (Lipinski definition) is 2. The van der Waals surface area contributed by atoms with Crippen LogP contribution in [0, 0.1) is 5.92 Å². The topological polar surface area (TPSA) is 23.5 Å². The van der Waals surface area contributed by atoms with Gasteiger partial charge in [-0.25, -0.2) is 0 Å². The Morgan fingerprint density at radius 2 is 2.12 bits per heavy atom. The van der Waals surface area contributed by atoms with E-state index in [9.17, 15) is 0 Å². The molecular formula is C15H21NO. The molecule has 0 aliphatic carbocycles. The predicted molar refractivity (Wildman–Crippen MR) is 71.7 cm³/mol. The maximum absolute atomic E-state index is 9.17. The number of rotatable bonds is 4. The van der Waals surface area contributed by atoms with Gasteiger partial charge in [0.05, 0.1) is 0 Å². The summed E-state index contributed by atoms with van der Waals surface area (Å²) >= 11 is 0. The normalized spacial score (nSPS) is 22.1. The van der Waals surface area contributed by atoms with E-state index in [0.717, 1.165) is 19.6 Å². The summed E-state index contributed by atoms with van der Waals surface area (Å²) in [6.07, 6.45) is 6.78. The van der Waals surface area contributed by atoms with Crippen LogP contribution in [0.4, 0.5) is 0 Å². The fourth-order valence-electron chi connectivity index (χ4n) is 2.37. The van der Waals surface area contributed by atoms with E-state index in [1.54, 1.807) is 0 Å². The summed E-state index contributed by atoms with van der Waals surface area (Å²) in [5.74, 6) is 0.480. The Balaban J connectivity index is 1.80. The van der Waals surface area contributed by atoms with E-state index in [1.807, 2.05) is 6.07 Å². The molecule has 0 spiro atoms. The van der Waals surface area contributed by atoms with Crippen LogP contribution in [0.2, 0.25) is 0 Å². The van der Waals surface area contributed by atoms with Gasteiger partial charge in [-0.3, -0.25) is 4.90 Å². The zero-order chi connectivity index (χ0) is 11.9. The first-order chi connectivity index (χ1) is 8.38. The molecule has 92 valence electrons. The Morgan fingerprint density at radius 3 is 2.88 bits per heavy atom. The van der Waals surface area contributed by atoms with Crippen molar-refractivity contribution < 1.29 is 5.11 Å². The number of nitrogens with zero attached hydrogens (tertiary/aromatic N) is 1. The third kappa shape index (κ3) is 3.99. The largest absolute Gasteiger partial charge is 0.396 e. The first kappa shape index (κ1) is 12.3. The van der Waals surface area contributed by atoms with Crippen molar-refractivity contribution in [2.75, 3.05) is 26.2 Å². The Hall–Kier alpha value is -1.12. The molecule has 1 fully saturated rings. The molecule has 2 rings (SSSR count). The van der Waals surface area contributed by atoms with Gasteiger partial charge in [0, 0.05) is 19.7 Å². The highest BCUT2D eigenvalue weighted by molar-refractivity contribution is 5.48. The van der Waals surface area contributed by atoms with E-state index in [2.05, 4.69) is 41.3 Å². The molecule has 1 aliphatic heterocycles. The number of benzene rings is 1. The average molecular weight is 231 g/mol. The number of likely N-dealkylation sites (tertiary alicyclic amines) is 1. The van der Waals surface area contributed by atoms with Crippen molar-refractivity contribution in [2.45, 2.75) is 12.8 Å². The van der Waals surface area contributed by atoms with Crippen molar-refractivity contribution in [1.29, 1.82) is 0 Å². The molecule has 1 aromatic rings. The van der Waals surface area contributed by atoms with Crippen molar-refractivity contribution in [1.82, 2.24) is 4.90 Å². The van der Waals surface area contributed by atoms with Gasteiger partial charge in [0.15, 0.2) is 0 Å².